The number of nitrogens with zero attached hydrogens (tertiary/aromatic N) is 2. The van der Waals surface area contributed by atoms with Gasteiger partial charge < -0.3 is 89.8 Å². The Hall–Kier alpha value is -8.78. The summed E-state index contributed by atoms with van der Waals surface area (Å²) in [5, 5.41) is 52.6. The molecule has 17 N–H and O–H groups in total. The van der Waals surface area contributed by atoms with Crippen LogP contribution in [-0.4, -0.2) is 212 Å². The molecule has 3 rings (SSSR count). The van der Waals surface area contributed by atoms with Gasteiger partial charge in [0, 0.05) is 25.6 Å². The van der Waals surface area contributed by atoms with Gasteiger partial charge in [0.25, 0.3) is 0 Å². The summed E-state index contributed by atoms with van der Waals surface area (Å²) >= 11 is 0. The number of amides is 13. The summed E-state index contributed by atoms with van der Waals surface area (Å²) in [6.07, 6.45) is 8.90. The average Bonchev–Trinajstić information content (AvgIpc) is 1.81. The van der Waals surface area contributed by atoms with Crippen LogP contribution < -0.4 is 64.6 Å². The van der Waals surface area contributed by atoms with E-state index in [4.69, 9.17) is 11.5 Å². The Labute approximate surface area is 539 Å². The van der Waals surface area contributed by atoms with E-state index < -0.39 is 205 Å². The largest absolute Gasteiger partial charge is 0.481 e. The molecular formula is C60H96N14O19. The maximum atomic E-state index is 15.3. The fourth-order valence-corrected chi connectivity index (χ4v) is 10.7. The smallest absolute Gasteiger partial charge is 0.308 e. The number of carbonyl (C=O) groups is 16. The summed E-state index contributed by atoms with van der Waals surface area (Å²) in [6, 6.07) is -18.3. The molecule has 520 valence electrons. The second-order valence-electron chi connectivity index (χ2n) is 24.4. The van der Waals surface area contributed by atoms with E-state index in [-0.39, 0.29) is 51.6 Å². The quantitative estimate of drug-likeness (QED) is 0.0334. The Morgan fingerprint density at radius 1 is 0.613 bits per heavy atom. The summed E-state index contributed by atoms with van der Waals surface area (Å²) in [4.78, 5) is 219. The Bertz CT molecular complexity index is 2740. The minimum Gasteiger partial charge on any atom is -0.481 e. The van der Waals surface area contributed by atoms with Crippen molar-refractivity contribution in [2.75, 3.05) is 26.2 Å². The van der Waals surface area contributed by atoms with Crippen LogP contribution in [0.2, 0.25) is 0 Å². The highest BCUT2D eigenvalue weighted by atomic mass is 16.4. The normalized spacial score (nSPS) is 25.3. The first-order chi connectivity index (χ1) is 43.8. The van der Waals surface area contributed by atoms with Crippen LogP contribution >= 0.6 is 0 Å². The molecule has 0 aromatic heterocycles. The van der Waals surface area contributed by atoms with Crippen molar-refractivity contribution in [3.63, 3.8) is 0 Å². The van der Waals surface area contributed by atoms with Crippen molar-refractivity contribution in [2.45, 2.75) is 224 Å². The minimum absolute atomic E-state index is 0.0284. The van der Waals surface area contributed by atoms with Crippen LogP contribution in [0.4, 0.5) is 0 Å². The molecule has 3 heterocycles. The fourth-order valence-electron chi connectivity index (χ4n) is 10.7. The molecule has 0 bridgehead atoms. The number of fused-ring (bicyclic) bond motifs is 2. The highest BCUT2D eigenvalue weighted by Gasteiger charge is 2.45. The van der Waals surface area contributed by atoms with Gasteiger partial charge in [0.15, 0.2) is 0 Å². The topological polar surface area (TPSA) is 513 Å². The number of carboxylic acids is 3. The molecule has 93 heavy (non-hydrogen) atoms. The molecule has 13 atom stereocenters. The zero-order valence-electron chi connectivity index (χ0n) is 54.0. The van der Waals surface area contributed by atoms with E-state index in [9.17, 15) is 87.2 Å². The molecule has 3 saturated heterocycles. The minimum atomic E-state index is -2.13. The maximum absolute atomic E-state index is 15.3. The van der Waals surface area contributed by atoms with Crippen LogP contribution in [0.1, 0.15) is 158 Å². The van der Waals surface area contributed by atoms with Gasteiger partial charge in [0.2, 0.25) is 76.8 Å². The molecule has 33 heteroatoms. The van der Waals surface area contributed by atoms with Gasteiger partial charge in [0.1, 0.15) is 54.4 Å². The van der Waals surface area contributed by atoms with Gasteiger partial charge in [0.05, 0.1) is 44.3 Å². The SMILES string of the molecule is CC[C@H](C)CCCCCCC/C=C\CC(=O)N[C@@H](CC(N)=O)C(=O)N[C@@H]1C(=O)N2CCCC[C@@H]2C(=O)N[C@@H]([C@H](C)C(=O)O)C(=O)N[C@@H](CC(=O)O)C(=O)NCC(=O)N[C@@H](CC(=O)O)C(=O)NCC(=O)N[C@H]([C@@H](C)N)C(=O)N[C@H](C(C)C)C(=O)N2CCC[C@H]2C(=O)N[C@@H]1C. The third-order valence-corrected chi connectivity index (χ3v) is 16.4. The standard InChI is InChI=1S/C60H96N14O19/c1-8-32(4)20-15-13-11-9-10-12-14-16-23-42(76)66-36(26-41(62)75)53(85)72-50-35(7)65-54(86)40-22-19-25-74(40)58(90)47(31(2)3)70-57(89)49(34(6)61)69-44(78)30-64-51(83)37(27-45(79)80)67-43(77)29-63-52(84)38(28-46(81)82)68-56(88)48(33(5)60(92)93)71-55(87)39-21-17-18-24-73(39)59(50)91/h14,16,31-40,47-50H,8-13,15,17-30,61H2,1-7H3,(H2,62,75)(H,63,84)(H,64,83)(H,65,86)(H,66,76)(H,67,77)(H,68,88)(H,69,78)(H,70,89)(H,71,87)(H,72,85)(H,79,80)(H,81,82)(H,92,93)/b16-14-/t32-,33-,34+,35+,36-,37-,38-,39+,40-,47+,48-,49+,50-/m0/s1. The molecule has 0 aromatic rings. The van der Waals surface area contributed by atoms with Crippen LogP contribution in [-0.2, 0) is 76.7 Å². The Balaban J connectivity index is 2.14. The summed E-state index contributed by atoms with van der Waals surface area (Å²) < 4.78 is 0. The monoisotopic (exact) mass is 1320 g/mol. The predicted molar refractivity (Wildman–Crippen MR) is 330 cm³/mol. The van der Waals surface area contributed by atoms with E-state index in [1.54, 1.807) is 19.9 Å². The summed E-state index contributed by atoms with van der Waals surface area (Å²) in [6.45, 7) is 8.86. The second-order valence-corrected chi connectivity index (χ2v) is 24.4. The molecule has 0 aromatic carbocycles. The first-order valence-corrected chi connectivity index (χ1v) is 31.7. The molecular weight excluding hydrogens is 1220 g/mol. The maximum Gasteiger partial charge on any atom is 0.308 e. The van der Waals surface area contributed by atoms with Crippen molar-refractivity contribution in [3.8, 4) is 0 Å². The summed E-state index contributed by atoms with van der Waals surface area (Å²) in [5.74, 6) is -21.0. The number of primary amides is 1. The molecule has 0 spiro atoms. The molecule has 33 nitrogen and oxygen atoms in total. The number of nitrogens with two attached hydrogens (primary N) is 2. The van der Waals surface area contributed by atoms with Gasteiger partial charge in [-0.1, -0.05) is 78.4 Å². The zero-order valence-corrected chi connectivity index (χ0v) is 54.0. The molecule has 0 saturated carbocycles. The van der Waals surface area contributed by atoms with Crippen LogP contribution in [0.25, 0.3) is 0 Å². The van der Waals surface area contributed by atoms with Crippen molar-refractivity contribution in [1.29, 1.82) is 0 Å². The van der Waals surface area contributed by atoms with Crippen LogP contribution in [0.5, 0.6) is 0 Å². The van der Waals surface area contributed by atoms with Gasteiger partial charge in [-0.3, -0.25) is 76.7 Å². The van der Waals surface area contributed by atoms with Crippen molar-refractivity contribution in [2.24, 2.45) is 29.2 Å². The number of hydrogen-bond donors (Lipinski definition) is 15. The fraction of sp³-hybridized carbons (Fsp3) is 0.700. The van der Waals surface area contributed by atoms with Gasteiger partial charge >= 0.3 is 17.9 Å². The van der Waals surface area contributed by atoms with Crippen LogP contribution in [0, 0.1) is 17.8 Å². The van der Waals surface area contributed by atoms with Crippen LogP contribution in [0.15, 0.2) is 12.2 Å². The third kappa shape index (κ3) is 26.0. The lowest BCUT2D eigenvalue weighted by Crippen LogP contribution is -2.66. The van der Waals surface area contributed by atoms with Gasteiger partial charge in [-0.15, -0.1) is 0 Å². The third-order valence-electron chi connectivity index (χ3n) is 16.4. The lowest BCUT2D eigenvalue weighted by molar-refractivity contribution is -0.149. The molecule has 3 fully saturated rings. The number of unbranched alkanes of at least 4 members (excludes halogenated alkanes) is 5. The first-order valence-electron chi connectivity index (χ1n) is 31.7. The molecule has 0 unspecified atom stereocenters. The lowest BCUT2D eigenvalue weighted by Gasteiger charge is -2.39. The number of aliphatic carboxylic acids is 3. The Morgan fingerprint density at radius 3 is 1.71 bits per heavy atom. The average molecular weight is 1320 g/mol. The highest BCUT2D eigenvalue weighted by Crippen LogP contribution is 2.24. The number of carbonyl (C=O) groups excluding carboxylic acids is 13. The number of rotatable bonds is 24. The number of hydrogen-bond acceptors (Lipinski definition) is 17. The predicted octanol–water partition coefficient (Wildman–Crippen LogP) is -3.23. The summed E-state index contributed by atoms with van der Waals surface area (Å²) in [7, 11) is 0. The van der Waals surface area contributed by atoms with Crippen LogP contribution in [0.3, 0.4) is 0 Å². The number of nitrogens with one attached hydrogen (secondary N) is 10. The van der Waals surface area contributed by atoms with E-state index >= 15 is 4.79 Å². The Kier molecular flexibility index (Phi) is 32.8. The number of allylic oxidation sites excluding steroid dienone is 1. The second kappa shape index (κ2) is 38.9. The number of carboxylic acid groups (broad SMARTS) is 3. The zero-order chi connectivity index (χ0) is 69.8. The highest BCUT2D eigenvalue weighted by molar-refractivity contribution is 6.01. The summed E-state index contributed by atoms with van der Waals surface area (Å²) in [5.41, 5.74) is 11.7. The van der Waals surface area contributed by atoms with Gasteiger partial charge in [-0.25, -0.2) is 0 Å². The Morgan fingerprint density at radius 2 is 1.14 bits per heavy atom. The van der Waals surface area contributed by atoms with E-state index in [0.29, 0.717) is 12.3 Å². The van der Waals surface area contributed by atoms with E-state index in [1.807, 2.05) is 16.7 Å². The van der Waals surface area contributed by atoms with Gasteiger partial charge in [-0.2, -0.15) is 0 Å². The van der Waals surface area contributed by atoms with Crippen molar-refractivity contribution < 1.29 is 92.0 Å². The molecule has 0 aliphatic carbocycles. The molecule has 13 amide bonds. The molecule has 0 radical (unpaired) electrons. The van der Waals surface area contributed by atoms with E-state index in [1.165, 1.54) is 25.2 Å². The van der Waals surface area contributed by atoms with E-state index in [2.05, 4.69) is 56.4 Å². The molecule has 3 aliphatic heterocycles. The number of piperidine rings is 1. The molecule has 3 aliphatic rings. The van der Waals surface area contributed by atoms with Crippen molar-refractivity contribution in [3.05, 3.63) is 12.2 Å². The lowest BCUT2D eigenvalue weighted by atomic mass is 9.96. The van der Waals surface area contributed by atoms with Crippen molar-refractivity contribution in [1.82, 2.24) is 63.0 Å². The first kappa shape index (κ1) is 78.5. The van der Waals surface area contributed by atoms with Crippen molar-refractivity contribution >= 4 is 94.7 Å². The van der Waals surface area contributed by atoms with E-state index in [0.717, 1.165) is 50.3 Å². The van der Waals surface area contributed by atoms with Gasteiger partial charge in [-0.05, 0) is 77.6 Å².